The van der Waals surface area contributed by atoms with E-state index in [0.717, 1.165) is 18.9 Å². The summed E-state index contributed by atoms with van der Waals surface area (Å²) in [5, 5.41) is 0. The summed E-state index contributed by atoms with van der Waals surface area (Å²) in [6.45, 7) is 6.08. The number of rotatable bonds is 7. The van der Waals surface area contributed by atoms with Gasteiger partial charge in [-0.25, -0.2) is 0 Å². The van der Waals surface area contributed by atoms with Gasteiger partial charge in [0.1, 0.15) is 0 Å². The molecule has 1 aromatic rings. The van der Waals surface area contributed by atoms with Crippen LogP contribution in [0.15, 0.2) is 36.4 Å². The van der Waals surface area contributed by atoms with E-state index in [1.54, 1.807) is 0 Å². The fourth-order valence-electron chi connectivity index (χ4n) is 1.49. The third-order valence-corrected chi connectivity index (χ3v) is 2.39. The molecule has 1 nitrogen and oxygen atoms in total. The summed E-state index contributed by atoms with van der Waals surface area (Å²) in [7, 11) is 0. The van der Waals surface area contributed by atoms with Crippen LogP contribution in [-0.4, -0.2) is 13.2 Å². The minimum absolute atomic E-state index is 0.715. The summed E-state index contributed by atoms with van der Waals surface area (Å²) >= 11 is 0. The quantitative estimate of drug-likeness (QED) is 0.625. The first-order valence-corrected chi connectivity index (χ1v) is 6.08. The van der Waals surface area contributed by atoms with E-state index >= 15 is 0 Å². The van der Waals surface area contributed by atoms with Gasteiger partial charge in [0, 0.05) is 6.61 Å². The number of ether oxygens (including phenoxy) is 1. The summed E-state index contributed by atoms with van der Waals surface area (Å²) in [6, 6.07) is 10.3. The molecule has 0 aromatic heterocycles. The Balaban J connectivity index is 2.05. The normalized spacial score (nSPS) is 11.4. The largest absolute Gasteiger partial charge is 0.377 e. The van der Waals surface area contributed by atoms with Gasteiger partial charge in [-0.15, -0.1) is 0 Å². The van der Waals surface area contributed by atoms with Crippen molar-refractivity contribution in [3.05, 3.63) is 42.0 Å². The maximum absolute atomic E-state index is 5.52. The van der Waals surface area contributed by atoms with Gasteiger partial charge in [-0.1, -0.05) is 56.3 Å². The van der Waals surface area contributed by atoms with Crippen LogP contribution in [0.2, 0.25) is 0 Å². The van der Waals surface area contributed by atoms with Gasteiger partial charge in [0.05, 0.1) is 6.61 Å². The Morgan fingerprint density at radius 1 is 1.19 bits per heavy atom. The predicted octanol–water partition coefficient (Wildman–Crippen LogP) is 4.15. The third-order valence-electron chi connectivity index (χ3n) is 2.39. The molecular formula is C15H22O. The fraction of sp³-hybridized carbons (Fsp3) is 0.467. The van der Waals surface area contributed by atoms with Crippen molar-refractivity contribution in [3.8, 4) is 0 Å². The van der Waals surface area contributed by atoms with Gasteiger partial charge < -0.3 is 4.74 Å². The Morgan fingerprint density at radius 2 is 1.94 bits per heavy atom. The Morgan fingerprint density at radius 3 is 2.62 bits per heavy atom. The van der Waals surface area contributed by atoms with E-state index in [1.807, 2.05) is 18.2 Å². The average molecular weight is 218 g/mol. The molecule has 0 unspecified atom stereocenters. The molecule has 1 heteroatoms. The maximum Gasteiger partial charge on any atom is 0.0650 e. The van der Waals surface area contributed by atoms with Crippen LogP contribution in [0.1, 0.15) is 32.3 Å². The minimum Gasteiger partial charge on any atom is -0.377 e. The van der Waals surface area contributed by atoms with E-state index in [-0.39, 0.29) is 0 Å². The smallest absolute Gasteiger partial charge is 0.0650 e. The summed E-state index contributed by atoms with van der Waals surface area (Å²) in [6.07, 6.45) is 6.59. The molecule has 16 heavy (non-hydrogen) atoms. The van der Waals surface area contributed by atoms with Crippen molar-refractivity contribution in [2.75, 3.05) is 13.2 Å². The second-order valence-electron chi connectivity index (χ2n) is 4.42. The lowest BCUT2D eigenvalue weighted by atomic mass is 10.1. The zero-order valence-corrected chi connectivity index (χ0v) is 10.4. The lowest BCUT2D eigenvalue weighted by Crippen LogP contribution is -1.96. The molecule has 0 saturated heterocycles. The predicted molar refractivity (Wildman–Crippen MR) is 70.4 cm³/mol. The van der Waals surface area contributed by atoms with Crippen molar-refractivity contribution < 1.29 is 4.74 Å². The van der Waals surface area contributed by atoms with E-state index in [9.17, 15) is 0 Å². The fourth-order valence-corrected chi connectivity index (χ4v) is 1.49. The molecule has 0 aliphatic carbocycles. The minimum atomic E-state index is 0.715. The van der Waals surface area contributed by atoms with Gasteiger partial charge in [-0.05, 0) is 24.3 Å². The SMILES string of the molecule is CC(C)CCCOC/C=C/c1ccccc1. The molecule has 0 aliphatic heterocycles. The molecule has 0 bridgehead atoms. The first-order valence-electron chi connectivity index (χ1n) is 6.08. The van der Waals surface area contributed by atoms with E-state index in [0.29, 0.717) is 6.61 Å². The van der Waals surface area contributed by atoms with Crippen LogP contribution in [0.3, 0.4) is 0 Å². The molecule has 0 N–H and O–H groups in total. The van der Waals surface area contributed by atoms with Crippen LogP contribution in [-0.2, 0) is 4.74 Å². The van der Waals surface area contributed by atoms with Gasteiger partial charge >= 0.3 is 0 Å². The average Bonchev–Trinajstić information content (AvgIpc) is 2.29. The first kappa shape index (κ1) is 13.0. The van der Waals surface area contributed by atoms with Gasteiger partial charge in [-0.3, -0.25) is 0 Å². The molecule has 0 fully saturated rings. The standard InChI is InChI=1S/C15H22O/c1-14(2)8-6-12-16-13-7-11-15-9-4-3-5-10-15/h3-5,7,9-11,14H,6,8,12-13H2,1-2H3/b11-7+. The Bertz CT molecular complexity index is 288. The molecule has 1 rings (SSSR count). The van der Waals surface area contributed by atoms with E-state index < -0.39 is 0 Å². The Hall–Kier alpha value is -1.08. The lowest BCUT2D eigenvalue weighted by Gasteiger charge is -2.03. The number of hydrogen-bond acceptors (Lipinski definition) is 1. The van der Waals surface area contributed by atoms with E-state index in [4.69, 9.17) is 4.74 Å². The van der Waals surface area contributed by atoms with Crippen LogP contribution < -0.4 is 0 Å². The monoisotopic (exact) mass is 218 g/mol. The highest BCUT2D eigenvalue weighted by atomic mass is 16.5. The molecule has 0 heterocycles. The second-order valence-corrected chi connectivity index (χ2v) is 4.42. The van der Waals surface area contributed by atoms with E-state index in [1.165, 1.54) is 12.0 Å². The third kappa shape index (κ3) is 6.41. The van der Waals surface area contributed by atoms with Crippen LogP contribution in [0.4, 0.5) is 0 Å². The van der Waals surface area contributed by atoms with Crippen molar-refractivity contribution in [2.45, 2.75) is 26.7 Å². The zero-order chi connectivity index (χ0) is 11.6. The molecule has 88 valence electrons. The van der Waals surface area contributed by atoms with Crippen molar-refractivity contribution in [1.82, 2.24) is 0 Å². The Kier molecular flexibility index (Phi) is 6.59. The van der Waals surface area contributed by atoms with Crippen molar-refractivity contribution in [2.24, 2.45) is 5.92 Å². The van der Waals surface area contributed by atoms with Gasteiger partial charge in [0.15, 0.2) is 0 Å². The molecule has 0 amide bonds. The Labute approximate surface area is 99.1 Å². The highest BCUT2D eigenvalue weighted by Crippen LogP contribution is 2.03. The highest BCUT2D eigenvalue weighted by molar-refractivity contribution is 5.48. The van der Waals surface area contributed by atoms with E-state index in [2.05, 4.69) is 38.1 Å². The van der Waals surface area contributed by atoms with Gasteiger partial charge in [0.25, 0.3) is 0 Å². The van der Waals surface area contributed by atoms with Crippen LogP contribution >= 0.6 is 0 Å². The molecule has 0 saturated carbocycles. The van der Waals surface area contributed by atoms with Crippen molar-refractivity contribution in [1.29, 1.82) is 0 Å². The topological polar surface area (TPSA) is 9.23 Å². The molecule has 0 atom stereocenters. The highest BCUT2D eigenvalue weighted by Gasteiger charge is 1.92. The van der Waals surface area contributed by atoms with Crippen molar-refractivity contribution in [3.63, 3.8) is 0 Å². The summed E-state index contributed by atoms with van der Waals surface area (Å²) < 4.78 is 5.52. The first-order chi connectivity index (χ1) is 7.79. The van der Waals surface area contributed by atoms with Crippen LogP contribution in [0, 0.1) is 5.92 Å². The molecule has 0 spiro atoms. The van der Waals surface area contributed by atoms with Crippen molar-refractivity contribution >= 4 is 6.08 Å². The second kappa shape index (κ2) is 8.12. The van der Waals surface area contributed by atoms with Crippen LogP contribution in [0.5, 0.6) is 0 Å². The van der Waals surface area contributed by atoms with Gasteiger partial charge in [-0.2, -0.15) is 0 Å². The molecule has 0 aliphatic rings. The molecular weight excluding hydrogens is 196 g/mol. The zero-order valence-electron chi connectivity index (χ0n) is 10.4. The lowest BCUT2D eigenvalue weighted by molar-refractivity contribution is 0.155. The number of hydrogen-bond donors (Lipinski definition) is 0. The summed E-state index contributed by atoms with van der Waals surface area (Å²) in [5.74, 6) is 0.781. The molecule has 1 aromatic carbocycles. The number of benzene rings is 1. The maximum atomic E-state index is 5.52. The van der Waals surface area contributed by atoms with Gasteiger partial charge in [0.2, 0.25) is 0 Å². The summed E-state index contributed by atoms with van der Waals surface area (Å²) in [4.78, 5) is 0. The van der Waals surface area contributed by atoms with Crippen LogP contribution in [0.25, 0.3) is 6.08 Å². The summed E-state index contributed by atoms with van der Waals surface area (Å²) in [5.41, 5.74) is 1.23. The molecule has 0 radical (unpaired) electrons.